The van der Waals surface area contributed by atoms with E-state index in [0.717, 1.165) is 36.1 Å². The first kappa shape index (κ1) is 13.0. The van der Waals surface area contributed by atoms with Crippen molar-refractivity contribution >= 4 is 15.9 Å². The van der Waals surface area contributed by atoms with Crippen LogP contribution >= 0.6 is 15.9 Å². The smallest absolute Gasteiger partial charge is 0.127 e. The van der Waals surface area contributed by atoms with Gasteiger partial charge in [-0.15, -0.1) is 0 Å². The van der Waals surface area contributed by atoms with Crippen LogP contribution in [0.3, 0.4) is 0 Å². The van der Waals surface area contributed by atoms with Gasteiger partial charge in [0.15, 0.2) is 0 Å². The number of nitrogens with one attached hydrogen (secondary N) is 1. The van der Waals surface area contributed by atoms with Gasteiger partial charge in [0.2, 0.25) is 0 Å². The van der Waals surface area contributed by atoms with Crippen molar-refractivity contribution in [3.8, 4) is 0 Å². The van der Waals surface area contributed by atoms with Crippen LogP contribution in [0.15, 0.2) is 22.7 Å². The quantitative estimate of drug-likeness (QED) is 0.920. The first-order chi connectivity index (χ1) is 8.20. The molecule has 0 saturated carbocycles. The second kappa shape index (κ2) is 5.94. The van der Waals surface area contributed by atoms with Crippen molar-refractivity contribution in [2.45, 2.75) is 25.9 Å². The molecular formula is C13H18BrFN2. The molecule has 0 aliphatic carbocycles. The summed E-state index contributed by atoms with van der Waals surface area (Å²) < 4.78 is 14.6. The van der Waals surface area contributed by atoms with Crippen molar-refractivity contribution in [2.24, 2.45) is 0 Å². The van der Waals surface area contributed by atoms with Gasteiger partial charge < -0.3 is 5.32 Å². The number of hydrogen-bond donors (Lipinski definition) is 1. The van der Waals surface area contributed by atoms with Crippen LogP contribution in [0.1, 0.15) is 18.9 Å². The lowest BCUT2D eigenvalue weighted by atomic mass is 10.1. The summed E-state index contributed by atoms with van der Waals surface area (Å²) in [5.74, 6) is -0.113. The number of likely N-dealkylation sites (N-methyl/N-ethyl adjacent to an activating group) is 1. The highest BCUT2D eigenvalue weighted by Crippen LogP contribution is 2.19. The van der Waals surface area contributed by atoms with Crippen LogP contribution in [-0.4, -0.2) is 30.6 Å². The Bertz CT molecular complexity index is 378. The zero-order valence-corrected chi connectivity index (χ0v) is 11.6. The summed E-state index contributed by atoms with van der Waals surface area (Å²) in [4.78, 5) is 2.34. The molecule has 4 heteroatoms. The fraction of sp³-hybridized carbons (Fsp3) is 0.538. The first-order valence-corrected chi connectivity index (χ1v) is 6.88. The van der Waals surface area contributed by atoms with Gasteiger partial charge >= 0.3 is 0 Å². The standard InChI is InChI=1S/C13H18BrFN2/c1-2-17(12-5-6-16-8-12)9-10-7-11(14)3-4-13(10)15/h3-4,7,12,16H,2,5-6,8-9H2,1H3. The fourth-order valence-electron chi connectivity index (χ4n) is 2.33. The van der Waals surface area contributed by atoms with Gasteiger partial charge in [-0.1, -0.05) is 22.9 Å². The number of hydrogen-bond acceptors (Lipinski definition) is 2. The number of halogens is 2. The third kappa shape index (κ3) is 3.27. The Morgan fingerprint density at radius 3 is 3.00 bits per heavy atom. The second-order valence-electron chi connectivity index (χ2n) is 4.45. The highest BCUT2D eigenvalue weighted by Gasteiger charge is 2.21. The third-order valence-corrected chi connectivity index (χ3v) is 3.83. The van der Waals surface area contributed by atoms with Gasteiger partial charge in [-0.3, -0.25) is 4.90 Å². The number of rotatable bonds is 4. The molecule has 0 spiro atoms. The molecule has 0 bridgehead atoms. The highest BCUT2D eigenvalue weighted by atomic mass is 79.9. The van der Waals surface area contributed by atoms with Gasteiger partial charge in [-0.25, -0.2) is 4.39 Å². The van der Waals surface area contributed by atoms with Crippen LogP contribution in [-0.2, 0) is 6.54 Å². The summed E-state index contributed by atoms with van der Waals surface area (Å²) in [5.41, 5.74) is 0.771. The largest absolute Gasteiger partial charge is 0.315 e. The number of benzene rings is 1. The van der Waals surface area contributed by atoms with Gasteiger partial charge in [0.05, 0.1) is 0 Å². The lowest BCUT2D eigenvalue weighted by Gasteiger charge is -2.27. The highest BCUT2D eigenvalue weighted by molar-refractivity contribution is 9.10. The Morgan fingerprint density at radius 1 is 1.53 bits per heavy atom. The molecule has 0 amide bonds. The molecular weight excluding hydrogens is 283 g/mol. The molecule has 1 aromatic carbocycles. The minimum Gasteiger partial charge on any atom is -0.315 e. The van der Waals surface area contributed by atoms with Crippen LogP contribution in [0.2, 0.25) is 0 Å². The molecule has 1 saturated heterocycles. The van der Waals surface area contributed by atoms with E-state index in [1.54, 1.807) is 6.07 Å². The van der Waals surface area contributed by atoms with E-state index >= 15 is 0 Å². The lowest BCUT2D eigenvalue weighted by molar-refractivity contribution is 0.207. The Balaban J connectivity index is 2.09. The molecule has 17 heavy (non-hydrogen) atoms. The Kier molecular flexibility index (Phi) is 4.54. The molecule has 1 heterocycles. The maximum absolute atomic E-state index is 13.7. The maximum atomic E-state index is 13.7. The van der Waals surface area contributed by atoms with E-state index < -0.39 is 0 Å². The van der Waals surface area contributed by atoms with Crippen molar-refractivity contribution in [2.75, 3.05) is 19.6 Å². The molecule has 2 rings (SSSR count). The minimum atomic E-state index is -0.113. The molecule has 0 aromatic heterocycles. The van der Waals surface area contributed by atoms with Crippen LogP contribution in [0.25, 0.3) is 0 Å². The molecule has 1 unspecified atom stereocenters. The zero-order valence-electron chi connectivity index (χ0n) is 10.0. The van der Waals surface area contributed by atoms with Crippen molar-refractivity contribution in [1.82, 2.24) is 10.2 Å². The first-order valence-electron chi connectivity index (χ1n) is 6.09. The number of nitrogens with zero attached hydrogens (tertiary/aromatic N) is 1. The van der Waals surface area contributed by atoms with Crippen LogP contribution in [0.5, 0.6) is 0 Å². The molecule has 2 nitrogen and oxygen atoms in total. The van der Waals surface area contributed by atoms with Crippen molar-refractivity contribution in [1.29, 1.82) is 0 Å². The summed E-state index contributed by atoms with van der Waals surface area (Å²) >= 11 is 3.39. The van der Waals surface area contributed by atoms with Crippen LogP contribution in [0.4, 0.5) is 4.39 Å². The van der Waals surface area contributed by atoms with Gasteiger partial charge in [0.25, 0.3) is 0 Å². The molecule has 94 valence electrons. The maximum Gasteiger partial charge on any atom is 0.127 e. The molecule has 1 aliphatic heterocycles. The average molecular weight is 301 g/mol. The predicted molar refractivity (Wildman–Crippen MR) is 71.5 cm³/mol. The Labute approximate surface area is 110 Å². The lowest BCUT2D eigenvalue weighted by Crippen LogP contribution is -2.36. The molecule has 1 fully saturated rings. The second-order valence-corrected chi connectivity index (χ2v) is 5.36. The zero-order chi connectivity index (χ0) is 12.3. The molecule has 1 aliphatic rings. The monoisotopic (exact) mass is 300 g/mol. The van der Waals surface area contributed by atoms with Crippen molar-refractivity contribution in [3.63, 3.8) is 0 Å². The van der Waals surface area contributed by atoms with E-state index in [1.165, 1.54) is 6.07 Å². The summed E-state index contributed by atoms with van der Waals surface area (Å²) in [6.45, 7) is 5.87. The van der Waals surface area contributed by atoms with Crippen molar-refractivity contribution < 1.29 is 4.39 Å². The Hall–Kier alpha value is -0.450. The van der Waals surface area contributed by atoms with E-state index in [1.807, 2.05) is 6.07 Å². The summed E-state index contributed by atoms with van der Waals surface area (Å²) in [6.07, 6.45) is 1.16. The molecule has 1 aromatic rings. The molecule has 0 radical (unpaired) electrons. The summed E-state index contributed by atoms with van der Waals surface area (Å²) in [5, 5.41) is 3.35. The van der Waals surface area contributed by atoms with Crippen LogP contribution in [0, 0.1) is 5.82 Å². The van der Waals surface area contributed by atoms with E-state index in [4.69, 9.17) is 0 Å². The van der Waals surface area contributed by atoms with Gasteiger partial charge in [0, 0.05) is 29.2 Å². The predicted octanol–water partition coefficient (Wildman–Crippen LogP) is 2.77. The van der Waals surface area contributed by atoms with Crippen molar-refractivity contribution in [3.05, 3.63) is 34.1 Å². The topological polar surface area (TPSA) is 15.3 Å². The van der Waals surface area contributed by atoms with E-state index in [0.29, 0.717) is 12.6 Å². The summed E-state index contributed by atoms with van der Waals surface area (Å²) in [6, 6.07) is 5.69. The average Bonchev–Trinajstić information content (AvgIpc) is 2.84. The van der Waals surface area contributed by atoms with E-state index in [-0.39, 0.29) is 5.82 Å². The van der Waals surface area contributed by atoms with E-state index in [9.17, 15) is 4.39 Å². The SMILES string of the molecule is CCN(Cc1cc(Br)ccc1F)C1CCNC1. The third-order valence-electron chi connectivity index (χ3n) is 3.34. The van der Waals surface area contributed by atoms with E-state index in [2.05, 4.69) is 33.1 Å². The molecule has 1 atom stereocenters. The van der Waals surface area contributed by atoms with Crippen LogP contribution < -0.4 is 5.32 Å². The van der Waals surface area contributed by atoms with Gasteiger partial charge in [0.1, 0.15) is 5.82 Å². The summed E-state index contributed by atoms with van der Waals surface area (Å²) in [7, 11) is 0. The Morgan fingerprint density at radius 2 is 2.35 bits per heavy atom. The fourth-order valence-corrected chi connectivity index (χ4v) is 2.74. The van der Waals surface area contributed by atoms with Gasteiger partial charge in [-0.2, -0.15) is 0 Å². The normalized spacial score (nSPS) is 20.1. The molecule has 1 N–H and O–H groups in total. The van der Waals surface area contributed by atoms with Gasteiger partial charge in [-0.05, 0) is 37.7 Å². The minimum absolute atomic E-state index is 0.113.